The number of primary amides is 1. The standard InChI is InChI=1S/C25H27N5O3.2ClH/c26-23(27)18-4-3-17-2-1-16(13-19(17)14-18)15-30(25(32)24(28)31)20-5-7-21(8-6-20)33-22-9-11-29-12-10-22;;/h1-8,13-14,22,29H,9-12,15H2,(H3,26,27)(H2,28,31);2*1H. The van der Waals surface area contributed by atoms with E-state index in [2.05, 4.69) is 5.32 Å². The number of nitrogen functional groups attached to an aromatic ring is 1. The Morgan fingerprint density at radius 1 is 0.943 bits per heavy atom. The molecule has 10 heteroatoms. The Morgan fingerprint density at radius 3 is 2.23 bits per heavy atom. The maximum Gasteiger partial charge on any atom is 0.316 e. The van der Waals surface area contributed by atoms with Gasteiger partial charge in [0.2, 0.25) is 0 Å². The van der Waals surface area contributed by atoms with E-state index in [1.54, 1.807) is 30.3 Å². The lowest BCUT2D eigenvalue weighted by Crippen LogP contribution is -2.40. The number of carbonyl (C=O) groups is 2. The zero-order chi connectivity index (χ0) is 23.4. The number of nitrogens with zero attached hydrogens (tertiary/aromatic N) is 1. The predicted molar refractivity (Wildman–Crippen MR) is 143 cm³/mol. The average molecular weight is 518 g/mol. The molecule has 1 aliphatic rings. The summed E-state index contributed by atoms with van der Waals surface area (Å²) >= 11 is 0. The summed E-state index contributed by atoms with van der Waals surface area (Å²) in [7, 11) is 0. The summed E-state index contributed by atoms with van der Waals surface area (Å²) in [5.74, 6) is -1.11. The number of hydrogen-bond donors (Lipinski definition) is 4. The Labute approximate surface area is 216 Å². The monoisotopic (exact) mass is 517 g/mol. The summed E-state index contributed by atoms with van der Waals surface area (Å²) in [4.78, 5) is 25.7. The minimum absolute atomic E-state index is 0. The van der Waals surface area contributed by atoms with Gasteiger partial charge in [0.25, 0.3) is 0 Å². The number of hydrogen-bond acceptors (Lipinski definition) is 5. The van der Waals surface area contributed by atoms with Crippen LogP contribution >= 0.6 is 24.8 Å². The lowest BCUT2D eigenvalue weighted by Gasteiger charge is -2.25. The molecule has 2 amide bonds. The lowest BCUT2D eigenvalue weighted by molar-refractivity contribution is -0.135. The molecule has 0 radical (unpaired) electrons. The molecule has 8 nitrogen and oxygen atoms in total. The molecule has 6 N–H and O–H groups in total. The second-order valence-corrected chi connectivity index (χ2v) is 8.13. The maximum absolute atomic E-state index is 12.6. The van der Waals surface area contributed by atoms with E-state index in [-0.39, 0.29) is 43.3 Å². The van der Waals surface area contributed by atoms with Crippen LogP contribution in [0.25, 0.3) is 10.8 Å². The number of amidine groups is 1. The van der Waals surface area contributed by atoms with Crippen molar-refractivity contribution in [2.75, 3.05) is 18.0 Å². The summed E-state index contributed by atoms with van der Waals surface area (Å²) in [6, 6.07) is 18.4. The number of amides is 2. The summed E-state index contributed by atoms with van der Waals surface area (Å²) < 4.78 is 6.03. The van der Waals surface area contributed by atoms with Crippen LogP contribution in [-0.4, -0.2) is 36.8 Å². The van der Waals surface area contributed by atoms with Gasteiger partial charge >= 0.3 is 11.8 Å². The Hall–Kier alpha value is -3.33. The first-order chi connectivity index (χ1) is 15.9. The number of rotatable bonds is 6. The highest BCUT2D eigenvalue weighted by Crippen LogP contribution is 2.25. The Bertz CT molecular complexity index is 1200. The van der Waals surface area contributed by atoms with E-state index in [1.807, 2.05) is 30.3 Å². The maximum atomic E-state index is 12.6. The van der Waals surface area contributed by atoms with Gasteiger partial charge in [0.15, 0.2) is 0 Å². The van der Waals surface area contributed by atoms with Crippen molar-refractivity contribution in [1.82, 2.24) is 5.32 Å². The molecule has 35 heavy (non-hydrogen) atoms. The normalized spacial score (nSPS) is 13.3. The molecule has 1 aliphatic heterocycles. The average Bonchev–Trinajstić information content (AvgIpc) is 2.83. The summed E-state index contributed by atoms with van der Waals surface area (Å²) in [5.41, 5.74) is 12.9. The molecule has 1 fully saturated rings. The van der Waals surface area contributed by atoms with E-state index >= 15 is 0 Å². The van der Waals surface area contributed by atoms with E-state index in [4.69, 9.17) is 21.6 Å². The molecular weight excluding hydrogens is 489 g/mol. The molecule has 0 unspecified atom stereocenters. The molecular formula is C25H29Cl2N5O3. The molecule has 0 bridgehead atoms. The van der Waals surface area contributed by atoms with Crippen LogP contribution in [0.4, 0.5) is 5.69 Å². The topological polar surface area (TPSA) is 135 Å². The summed E-state index contributed by atoms with van der Waals surface area (Å²) in [6.45, 7) is 2.03. The number of halogens is 2. The Kier molecular flexibility index (Phi) is 9.89. The minimum Gasteiger partial charge on any atom is -0.490 e. The summed E-state index contributed by atoms with van der Waals surface area (Å²) in [6.07, 6.45) is 2.06. The predicted octanol–water partition coefficient (Wildman–Crippen LogP) is 3.12. The molecule has 3 aromatic rings. The van der Waals surface area contributed by atoms with Gasteiger partial charge in [0.05, 0.1) is 6.54 Å². The van der Waals surface area contributed by atoms with Crippen LogP contribution in [-0.2, 0) is 16.1 Å². The van der Waals surface area contributed by atoms with E-state index in [1.165, 1.54) is 4.90 Å². The van der Waals surface area contributed by atoms with Gasteiger partial charge in [0.1, 0.15) is 17.7 Å². The van der Waals surface area contributed by atoms with Gasteiger partial charge in [-0.15, -0.1) is 24.8 Å². The highest BCUT2D eigenvalue weighted by molar-refractivity contribution is 6.39. The number of nitrogens with two attached hydrogens (primary N) is 2. The van der Waals surface area contributed by atoms with Gasteiger partial charge in [-0.1, -0.05) is 24.3 Å². The number of benzene rings is 3. The van der Waals surface area contributed by atoms with Crippen LogP contribution in [0, 0.1) is 5.41 Å². The number of ether oxygens (including phenoxy) is 1. The quantitative estimate of drug-likeness (QED) is 0.226. The van der Waals surface area contributed by atoms with Crippen LogP contribution in [0.2, 0.25) is 0 Å². The van der Waals surface area contributed by atoms with Crippen molar-refractivity contribution in [2.24, 2.45) is 11.5 Å². The van der Waals surface area contributed by atoms with Crippen molar-refractivity contribution in [2.45, 2.75) is 25.5 Å². The minimum atomic E-state index is -1.02. The van der Waals surface area contributed by atoms with E-state index in [0.29, 0.717) is 11.3 Å². The zero-order valence-electron chi connectivity index (χ0n) is 19.0. The molecule has 0 spiro atoms. The fourth-order valence-electron chi connectivity index (χ4n) is 3.97. The van der Waals surface area contributed by atoms with E-state index in [9.17, 15) is 9.59 Å². The molecule has 186 valence electrons. The van der Waals surface area contributed by atoms with Crippen molar-refractivity contribution in [3.8, 4) is 5.75 Å². The number of fused-ring (bicyclic) bond motifs is 1. The van der Waals surface area contributed by atoms with Gasteiger partial charge in [-0.2, -0.15) is 0 Å². The highest BCUT2D eigenvalue weighted by atomic mass is 35.5. The van der Waals surface area contributed by atoms with Crippen molar-refractivity contribution in [1.29, 1.82) is 5.41 Å². The lowest BCUT2D eigenvalue weighted by atomic mass is 10.0. The molecule has 4 rings (SSSR count). The van der Waals surface area contributed by atoms with E-state index in [0.717, 1.165) is 48.0 Å². The molecule has 0 saturated carbocycles. The van der Waals surface area contributed by atoms with Gasteiger partial charge < -0.3 is 21.5 Å². The van der Waals surface area contributed by atoms with Crippen LogP contribution in [0.5, 0.6) is 5.75 Å². The molecule has 1 saturated heterocycles. The second kappa shape index (κ2) is 12.4. The summed E-state index contributed by atoms with van der Waals surface area (Å²) in [5, 5.41) is 12.8. The van der Waals surface area contributed by atoms with Gasteiger partial charge in [-0.3, -0.25) is 19.9 Å². The number of nitrogens with one attached hydrogen (secondary N) is 2. The van der Waals surface area contributed by atoms with Crippen molar-refractivity contribution in [3.63, 3.8) is 0 Å². The smallest absolute Gasteiger partial charge is 0.316 e. The first-order valence-corrected chi connectivity index (χ1v) is 10.9. The highest BCUT2D eigenvalue weighted by Gasteiger charge is 2.22. The van der Waals surface area contributed by atoms with Crippen LogP contribution in [0.3, 0.4) is 0 Å². The third-order valence-electron chi connectivity index (χ3n) is 5.75. The molecule has 1 heterocycles. The number of piperidine rings is 1. The van der Waals surface area contributed by atoms with Gasteiger partial charge in [0, 0.05) is 11.3 Å². The Balaban J connectivity index is 0.00000216. The van der Waals surface area contributed by atoms with Gasteiger partial charge in [-0.05, 0) is 78.7 Å². The number of carbonyl (C=O) groups excluding carboxylic acids is 2. The molecule has 3 aromatic carbocycles. The molecule has 0 atom stereocenters. The van der Waals surface area contributed by atoms with Gasteiger partial charge in [-0.25, -0.2) is 0 Å². The van der Waals surface area contributed by atoms with Crippen molar-refractivity contribution < 1.29 is 14.3 Å². The van der Waals surface area contributed by atoms with E-state index < -0.39 is 11.8 Å². The molecule has 0 aliphatic carbocycles. The van der Waals surface area contributed by atoms with Crippen molar-refractivity contribution in [3.05, 3.63) is 71.8 Å². The SMILES string of the molecule is Cl.Cl.N=C(N)c1ccc2ccc(CN(C(=O)C(N)=O)c3ccc(OC4CCNCC4)cc3)cc2c1. The molecule has 0 aromatic heterocycles. The zero-order valence-corrected chi connectivity index (χ0v) is 20.7. The van der Waals surface area contributed by atoms with Crippen molar-refractivity contribution >= 4 is 58.9 Å². The fourth-order valence-corrected chi connectivity index (χ4v) is 3.97. The number of anilines is 1. The third-order valence-corrected chi connectivity index (χ3v) is 5.75. The van der Waals surface area contributed by atoms with Crippen LogP contribution in [0.15, 0.2) is 60.7 Å². The largest absolute Gasteiger partial charge is 0.490 e. The first-order valence-electron chi connectivity index (χ1n) is 10.9. The van der Waals surface area contributed by atoms with Crippen LogP contribution in [0.1, 0.15) is 24.0 Å². The second-order valence-electron chi connectivity index (χ2n) is 8.13. The Morgan fingerprint density at radius 2 is 1.60 bits per heavy atom. The third kappa shape index (κ3) is 6.85. The van der Waals surface area contributed by atoms with Crippen LogP contribution < -0.4 is 26.4 Å². The fraction of sp³-hybridized carbons (Fsp3) is 0.240. The first kappa shape index (κ1) is 27.9.